The van der Waals surface area contributed by atoms with Gasteiger partial charge in [0.15, 0.2) is 0 Å². The first-order valence-corrected chi connectivity index (χ1v) is 13.2. The zero-order chi connectivity index (χ0) is 29.7. The fraction of sp³-hybridized carbons (Fsp3) is 0.394. The number of amides is 1. The van der Waals surface area contributed by atoms with Crippen molar-refractivity contribution in [1.29, 1.82) is 0 Å². The number of nitrogens with one attached hydrogen (secondary N) is 1. The van der Waals surface area contributed by atoms with Crippen molar-refractivity contribution >= 4 is 24.3 Å². The number of carboxylic acid groups (broad SMARTS) is 1. The van der Waals surface area contributed by atoms with E-state index in [-0.39, 0.29) is 18.2 Å². The molecule has 6 nitrogen and oxygen atoms in total. The Kier molecular flexibility index (Phi) is 10.5. The molecule has 0 spiro atoms. The van der Waals surface area contributed by atoms with E-state index in [1.165, 1.54) is 22.3 Å². The van der Waals surface area contributed by atoms with Crippen LogP contribution in [0.25, 0.3) is 22.3 Å². The minimum atomic E-state index is -0.331. The molecule has 0 fully saturated rings. The first-order valence-electron chi connectivity index (χ1n) is 13.2. The number of hydrogen-bond donors (Lipinski definition) is 2. The molecule has 0 bridgehead atoms. The summed E-state index contributed by atoms with van der Waals surface area (Å²) in [5, 5.41) is 9.97. The second kappa shape index (κ2) is 12.9. The summed E-state index contributed by atoms with van der Waals surface area (Å²) in [6.45, 7) is 18.8. The van der Waals surface area contributed by atoms with Crippen LogP contribution in [-0.2, 0) is 14.3 Å². The molecule has 0 saturated carbocycles. The van der Waals surface area contributed by atoms with E-state index in [0.717, 1.165) is 51.2 Å². The van der Waals surface area contributed by atoms with Crippen molar-refractivity contribution in [3.63, 3.8) is 0 Å². The predicted molar refractivity (Wildman–Crippen MR) is 163 cm³/mol. The van der Waals surface area contributed by atoms with Gasteiger partial charge in [0.1, 0.15) is 0 Å². The van der Waals surface area contributed by atoms with Gasteiger partial charge in [0.2, 0.25) is 6.41 Å². The molecule has 1 amide bonds. The lowest BCUT2D eigenvalue weighted by Crippen LogP contribution is -2.24. The number of benzene rings is 3. The van der Waals surface area contributed by atoms with Gasteiger partial charge in [-0.25, -0.2) is 0 Å². The topological polar surface area (TPSA) is 78.9 Å². The Morgan fingerprint density at radius 2 is 1.31 bits per heavy atom. The molecule has 0 aliphatic carbocycles. The summed E-state index contributed by atoms with van der Waals surface area (Å²) in [6, 6.07) is 13.2. The maximum atomic E-state index is 12.0. The second-order valence-electron chi connectivity index (χ2n) is 11.2. The zero-order valence-corrected chi connectivity index (χ0v) is 25.3. The van der Waals surface area contributed by atoms with Crippen LogP contribution in [0.15, 0.2) is 36.4 Å². The van der Waals surface area contributed by atoms with Crippen molar-refractivity contribution in [2.45, 2.75) is 74.0 Å². The lowest BCUT2D eigenvalue weighted by atomic mass is 9.83. The van der Waals surface area contributed by atoms with E-state index in [9.17, 15) is 4.79 Å². The number of nitrogens with zero attached hydrogens (tertiary/aromatic N) is 1. The minimum absolute atomic E-state index is 0.210. The molecule has 0 aliphatic rings. The third-order valence-electron chi connectivity index (χ3n) is 6.94. The molecule has 1 unspecified atom stereocenters. The van der Waals surface area contributed by atoms with Gasteiger partial charge in [-0.3, -0.25) is 9.59 Å². The Balaban J connectivity index is 0.00000170. The van der Waals surface area contributed by atoms with Gasteiger partial charge >= 0.3 is 0 Å². The van der Waals surface area contributed by atoms with Crippen LogP contribution in [-0.4, -0.2) is 37.7 Å². The third kappa shape index (κ3) is 7.27. The van der Waals surface area contributed by atoms with Gasteiger partial charge in [-0.15, -0.1) is 0 Å². The van der Waals surface area contributed by atoms with Gasteiger partial charge in [-0.2, -0.15) is 0 Å². The summed E-state index contributed by atoms with van der Waals surface area (Å²) in [6.07, 6.45) is 0.569. The van der Waals surface area contributed by atoms with Gasteiger partial charge in [0.25, 0.3) is 6.47 Å². The fourth-order valence-electron chi connectivity index (χ4n) is 5.06. The van der Waals surface area contributed by atoms with E-state index in [0.29, 0.717) is 0 Å². The number of anilines is 2. The van der Waals surface area contributed by atoms with Crippen LogP contribution in [0, 0.1) is 34.6 Å². The molecule has 0 heterocycles. The van der Waals surface area contributed by atoms with Crippen molar-refractivity contribution in [3.8, 4) is 22.3 Å². The largest absolute Gasteiger partial charge is 0.483 e. The predicted octanol–water partition coefficient (Wildman–Crippen LogP) is 7.77. The summed E-state index contributed by atoms with van der Waals surface area (Å²) in [4.78, 5) is 22.4. The Hall–Kier alpha value is -3.64. The monoisotopic (exact) mass is 532 g/mol. The number of rotatable bonds is 7. The van der Waals surface area contributed by atoms with E-state index in [4.69, 9.17) is 14.6 Å². The summed E-state index contributed by atoms with van der Waals surface area (Å²) >= 11 is 0. The highest BCUT2D eigenvalue weighted by Gasteiger charge is 2.30. The van der Waals surface area contributed by atoms with Gasteiger partial charge in [0.05, 0.1) is 23.1 Å². The summed E-state index contributed by atoms with van der Waals surface area (Å²) in [7, 11) is 4.06. The molecule has 39 heavy (non-hydrogen) atoms. The smallest absolute Gasteiger partial charge is 0.290 e. The highest BCUT2D eigenvalue weighted by atomic mass is 16.5. The molecule has 0 radical (unpaired) electrons. The molecule has 2 N–H and O–H groups in total. The van der Waals surface area contributed by atoms with E-state index in [1.54, 1.807) is 0 Å². The van der Waals surface area contributed by atoms with E-state index in [2.05, 4.69) is 109 Å². The molecule has 1 atom stereocenters. The van der Waals surface area contributed by atoms with Crippen molar-refractivity contribution < 1.29 is 19.4 Å². The average molecular weight is 533 g/mol. The molecule has 3 aromatic rings. The van der Waals surface area contributed by atoms with Crippen molar-refractivity contribution in [1.82, 2.24) is 0 Å². The SMILES string of the molecule is Cc1ccc(-c2c(C)c(-c3ccc(C)c(C)c3)c(C(C)OC(C)(C)C)c(N(C)C)c2NC=O)cc1C.O=CO. The number of hydrogen-bond acceptors (Lipinski definition) is 4. The summed E-state index contributed by atoms with van der Waals surface area (Å²) in [5.41, 5.74) is 13.0. The van der Waals surface area contributed by atoms with Crippen LogP contribution >= 0.6 is 0 Å². The van der Waals surface area contributed by atoms with Gasteiger partial charge in [-0.1, -0.05) is 36.4 Å². The van der Waals surface area contributed by atoms with Gasteiger partial charge in [-0.05, 0) is 107 Å². The van der Waals surface area contributed by atoms with Crippen LogP contribution in [0.4, 0.5) is 11.4 Å². The van der Waals surface area contributed by atoms with Crippen LogP contribution in [0.2, 0.25) is 0 Å². The highest BCUT2D eigenvalue weighted by Crippen LogP contribution is 2.50. The lowest BCUT2D eigenvalue weighted by molar-refractivity contribution is -0.122. The molecule has 3 rings (SSSR count). The quantitative estimate of drug-likeness (QED) is 0.304. The highest BCUT2D eigenvalue weighted by molar-refractivity contribution is 6.01. The fourth-order valence-corrected chi connectivity index (χ4v) is 5.06. The maximum absolute atomic E-state index is 12.0. The standard InChI is InChI=1S/C32H42N2O2.CH2O2/c1-19-12-14-25(16-21(19)3)27-23(5)28(26-15-13-20(2)22(4)17-26)30(33-18-35)31(34(10)11)29(27)24(6)36-32(7,8)9;2-1-3/h12-18,24H,1-11H3,(H,33,35);1H,(H,2,3). The van der Waals surface area contributed by atoms with E-state index in [1.807, 2.05) is 14.1 Å². The Morgan fingerprint density at radius 3 is 1.69 bits per heavy atom. The lowest BCUT2D eigenvalue weighted by Gasteiger charge is -2.34. The van der Waals surface area contributed by atoms with Crippen LogP contribution in [0.5, 0.6) is 0 Å². The van der Waals surface area contributed by atoms with Gasteiger partial charge < -0.3 is 20.1 Å². The van der Waals surface area contributed by atoms with Crippen molar-refractivity contribution in [2.75, 3.05) is 24.3 Å². The first-order chi connectivity index (χ1) is 18.2. The van der Waals surface area contributed by atoms with Crippen LogP contribution < -0.4 is 10.2 Å². The molecule has 210 valence electrons. The Morgan fingerprint density at radius 1 is 0.846 bits per heavy atom. The van der Waals surface area contributed by atoms with Gasteiger partial charge in [0, 0.05) is 25.2 Å². The first kappa shape index (κ1) is 31.6. The van der Waals surface area contributed by atoms with E-state index < -0.39 is 0 Å². The van der Waals surface area contributed by atoms with Crippen molar-refractivity contribution in [2.24, 2.45) is 0 Å². The summed E-state index contributed by atoms with van der Waals surface area (Å²) < 4.78 is 6.56. The number of ether oxygens (including phenoxy) is 1. The van der Waals surface area contributed by atoms with Crippen LogP contribution in [0.3, 0.4) is 0 Å². The number of carbonyl (C=O) groups is 2. The number of carbonyl (C=O) groups excluding carboxylic acids is 1. The van der Waals surface area contributed by atoms with Crippen molar-refractivity contribution in [3.05, 3.63) is 69.8 Å². The Bertz CT molecular complexity index is 1340. The van der Waals surface area contributed by atoms with Crippen LogP contribution in [0.1, 0.15) is 67.2 Å². The minimum Gasteiger partial charge on any atom is -0.483 e. The number of aryl methyl sites for hydroxylation is 4. The van der Waals surface area contributed by atoms with E-state index >= 15 is 0 Å². The molecule has 0 aliphatic heterocycles. The molecule has 6 heteroatoms. The third-order valence-corrected chi connectivity index (χ3v) is 6.94. The second-order valence-corrected chi connectivity index (χ2v) is 11.2. The summed E-state index contributed by atoms with van der Waals surface area (Å²) in [5.74, 6) is 0. The molecule has 3 aromatic carbocycles. The molecular weight excluding hydrogens is 488 g/mol. The Labute approximate surface area is 234 Å². The molecule has 0 aromatic heterocycles. The molecular formula is C33H44N2O4. The normalized spacial score (nSPS) is 11.8. The maximum Gasteiger partial charge on any atom is 0.290 e. The average Bonchev–Trinajstić information content (AvgIpc) is 2.82. The zero-order valence-electron chi connectivity index (χ0n) is 25.3. The molecule has 0 saturated heterocycles.